The summed E-state index contributed by atoms with van der Waals surface area (Å²) in [7, 11) is 0. The van der Waals surface area contributed by atoms with E-state index in [0.29, 0.717) is 33.8 Å². The first kappa shape index (κ1) is 24.7. The molecule has 4 heteroatoms. The number of benzene rings is 7. The van der Waals surface area contributed by atoms with E-state index in [0.717, 1.165) is 54.4 Å². The summed E-state index contributed by atoms with van der Waals surface area (Å²) in [6, 6.07) is 46.2. The Kier molecular flexibility index (Phi) is 5.38. The van der Waals surface area contributed by atoms with E-state index in [1.54, 1.807) is 6.07 Å². The summed E-state index contributed by atoms with van der Waals surface area (Å²) in [4.78, 5) is 10.0. The maximum Gasteiger partial charge on any atom is 0.180 e. The molecule has 0 unspecified atom stereocenters. The number of aromatic nitrogens is 2. The number of nitrogens with zero attached hydrogens (tertiary/aromatic N) is 2. The van der Waals surface area contributed by atoms with Crippen molar-refractivity contribution < 1.29 is 8.81 Å². The minimum absolute atomic E-state index is 0.320. The van der Waals surface area contributed by atoms with Crippen LogP contribution in [0.3, 0.4) is 0 Å². The number of fused-ring (bicyclic) bond motifs is 9. The maximum atomic E-state index is 16.3. The van der Waals surface area contributed by atoms with Crippen LogP contribution in [0.15, 0.2) is 144 Å². The highest BCUT2D eigenvalue weighted by Gasteiger charge is 2.21. The first-order valence-corrected chi connectivity index (χ1v) is 14.6. The van der Waals surface area contributed by atoms with Gasteiger partial charge in [-0.3, -0.25) is 0 Å². The normalized spacial score (nSPS) is 11.8. The van der Waals surface area contributed by atoms with Gasteiger partial charge in [-0.1, -0.05) is 115 Å². The van der Waals surface area contributed by atoms with Crippen molar-refractivity contribution in [1.82, 2.24) is 9.97 Å². The summed E-state index contributed by atoms with van der Waals surface area (Å²) in [5.74, 6) is -0.0464. The Morgan fingerprint density at radius 2 is 1.02 bits per heavy atom. The van der Waals surface area contributed by atoms with E-state index in [9.17, 15) is 0 Å². The van der Waals surface area contributed by atoms with Crippen LogP contribution in [-0.4, -0.2) is 9.97 Å². The van der Waals surface area contributed by atoms with Gasteiger partial charge < -0.3 is 4.42 Å². The van der Waals surface area contributed by atoms with Crippen LogP contribution in [0.25, 0.3) is 88.2 Å². The zero-order chi connectivity index (χ0) is 29.2. The van der Waals surface area contributed by atoms with Crippen LogP contribution in [0, 0.1) is 5.82 Å². The maximum absolute atomic E-state index is 16.3. The summed E-state index contributed by atoms with van der Waals surface area (Å²) in [6.45, 7) is 0. The molecule has 206 valence electrons. The molecule has 7 aromatic carbocycles. The lowest BCUT2D eigenvalue weighted by atomic mass is 9.93. The summed E-state index contributed by atoms with van der Waals surface area (Å²) < 4.78 is 22.7. The molecule has 2 aromatic heterocycles. The van der Waals surface area contributed by atoms with Gasteiger partial charge in [-0.25, -0.2) is 14.4 Å². The van der Waals surface area contributed by atoms with Crippen molar-refractivity contribution in [3.05, 3.63) is 145 Å². The molecule has 0 fully saturated rings. The first-order valence-electron chi connectivity index (χ1n) is 14.6. The Morgan fingerprint density at radius 3 is 1.68 bits per heavy atom. The Bertz CT molecular complexity index is 2550. The monoisotopic (exact) mass is 566 g/mol. The van der Waals surface area contributed by atoms with E-state index in [4.69, 9.17) is 14.4 Å². The van der Waals surface area contributed by atoms with Crippen LogP contribution in [0.4, 0.5) is 4.39 Å². The SMILES string of the molecule is Fc1cc2c3ccccc3c3ccccc3c2cc1-c1nc(-c2ccccc2)c2oc3ccc(-c4ccccc4)cc3c2n1. The molecule has 0 N–H and O–H groups in total. The van der Waals surface area contributed by atoms with Gasteiger partial charge in [0, 0.05) is 10.9 Å². The molecule has 0 spiro atoms. The van der Waals surface area contributed by atoms with Gasteiger partial charge in [-0.2, -0.15) is 0 Å². The molecule has 3 nitrogen and oxygen atoms in total. The minimum Gasteiger partial charge on any atom is -0.452 e. The Morgan fingerprint density at radius 1 is 0.455 bits per heavy atom. The predicted octanol–water partition coefficient (Wildman–Crippen LogP) is 11.0. The molecular formula is C40H23FN2O. The fourth-order valence-electron chi connectivity index (χ4n) is 6.46. The van der Waals surface area contributed by atoms with Gasteiger partial charge in [0.15, 0.2) is 11.4 Å². The van der Waals surface area contributed by atoms with Gasteiger partial charge in [0.25, 0.3) is 0 Å². The van der Waals surface area contributed by atoms with E-state index in [-0.39, 0.29) is 5.82 Å². The third-order valence-electron chi connectivity index (χ3n) is 8.54. The van der Waals surface area contributed by atoms with Gasteiger partial charge in [-0.05, 0) is 67.7 Å². The topological polar surface area (TPSA) is 38.9 Å². The van der Waals surface area contributed by atoms with Crippen molar-refractivity contribution in [3.8, 4) is 33.8 Å². The third kappa shape index (κ3) is 3.74. The smallest absolute Gasteiger partial charge is 0.180 e. The van der Waals surface area contributed by atoms with Crippen molar-refractivity contribution in [2.45, 2.75) is 0 Å². The number of hydrogen-bond donors (Lipinski definition) is 0. The number of furan rings is 1. The fourth-order valence-corrected chi connectivity index (χ4v) is 6.46. The molecule has 0 amide bonds. The molecule has 9 aromatic rings. The van der Waals surface area contributed by atoms with E-state index >= 15 is 4.39 Å². The fraction of sp³-hybridized carbons (Fsp3) is 0. The highest BCUT2D eigenvalue weighted by atomic mass is 19.1. The second kappa shape index (κ2) is 9.58. The van der Waals surface area contributed by atoms with Crippen molar-refractivity contribution in [3.63, 3.8) is 0 Å². The molecule has 0 atom stereocenters. The number of hydrogen-bond acceptors (Lipinski definition) is 3. The van der Waals surface area contributed by atoms with Crippen molar-refractivity contribution in [2.24, 2.45) is 0 Å². The molecule has 0 aliphatic carbocycles. The molecular weight excluding hydrogens is 543 g/mol. The average molecular weight is 567 g/mol. The van der Waals surface area contributed by atoms with Gasteiger partial charge in [0.05, 0.1) is 5.56 Å². The highest BCUT2D eigenvalue weighted by molar-refractivity contribution is 6.25. The number of rotatable bonds is 3. The molecule has 0 radical (unpaired) electrons. The van der Waals surface area contributed by atoms with Crippen molar-refractivity contribution in [1.29, 1.82) is 0 Å². The van der Waals surface area contributed by atoms with Gasteiger partial charge in [0.2, 0.25) is 0 Å². The highest BCUT2D eigenvalue weighted by Crippen LogP contribution is 2.40. The molecule has 0 saturated carbocycles. The lowest BCUT2D eigenvalue weighted by molar-refractivity contribution is 0.631. The van der Waals surface area contributed by atoms with Crippen LogP contribution in [0.2, 0.25) is 0 Å². The molecule has 0 aliphatic heterocycles. The largest absolute Gasteiger partial charge is 0.452 e. The standard InChI is InChI=1S/C40H23FN2O/c41-35-23-32-30-18-10-8-16-28(30)27-15-7-9-17-29(27)31(32)22-33(35)40-42-37(25-13-5-2-6-14-25)39-38(43-40)34-21-26(19-20-36(34)44-39)24-11-3-1-4-12-24/h1-23H. The molecule has 44 heavy (non-hydrogen) atoms. The van der Waals surface area contributed by atoms with Crippen LogP contribution in [-0.2, 0) is 0 Å². The summed E-state index contributed by atoms with van der Waals surface area (Å²) in [5, 5.41) is 7.00. The second-order valence-electron chi connectivity index (χ2n) is 11.1. The van der Waals surface area contributed by atoms with Crippen LogP contribution < -0.4 is 0 Å². The predicted molar refractivity (Wildman–Crippen MR) is 178 cm³/mol. The molecule has 9 rings (SSSR count). The molecule has 0 saturated heterocycles. The average Bonchev–Trinajstić information content (AvgIpc) is 3.46. The Balaban J connectivity index is 1.36. The lowest BCUT2D eigenvalue weighted by Crippen LogP contribution is -1.97. The van der Waals surface area contributed by atoms with E-state index in [1.165, 1.54) is 0 Å². The zero-order valence-electron chi connectivity index (χ0n) is 23.5. The van der Waals surface area contributed by atoms with Crippen LogP contribution in [0.5, 0.6) is 0 Å². The lowest BCUT2D eigenvalue weighted by Gasteiger charge is -2.13. The summed E-state index contributed by atoms with van der Waals surface area (Å²) in [6.07, 6.45) is 0. The van der Waals surface area contributed by atoms with Gasteiger partial charge in [0.1, 0.15) is 22.6 Å². The van der Waals surface area contributed by atoms with Gasteiger partial charge in [-0.15, -0.1) is 0 Å². The van der Waals surface area contributed by atoms with E-state index in [2.05, 4.69) is 48.5 Å². The Hall–Kier alpha value is -5.87. The van der Waals surface area contributed by atoms with Crippen LogP contribution in [0.1, 0.15) is 0 Å². The summed E-state index contributed by atoms with van der Waals surface area (Å²) >= 11 is 0. The van der Waals surface area contributed by atoms with Crippen molar-refractivity contribution in [2.75, 3.05) is 0 Å². The van der Waals surface area contributed by atoms with Crippen molar-refractivity contribution >= 4 is 54.4 Å². The minimum atomic E-state index is -0.367. The quantitative estimate of drug-likeness (QED) is 0.200. The molecule has 2 heterocycles. The molecule has 0 bridgehead atoms. The second-order valence-corrected chi connectivity index (χ2v) is 11.1. The molecule has 0 aliphatic rings. The van der Waals surface area contributed by atoms with Gasteiger partial charge >= 0.3 is 0 Å². The first-order chi connectivity index (χ1) is 21.7. The summed E-state index contributed by atoms with van der Waals surface area (Å²) in [5.41, 5.74) is 5.96. The third-order valence-corrected chi connectivity index (χ3v) is 8.54. The Labute approximate surface area is 251 Å². The van der Waals surface area contributed by atoms with E-state index < -0.39 is 0 Å². The van der Waals surface area contributed by atoms with E-state index in [1.807, 2.05) is 84.9 Å². The van der Waals surface area contributed by atoms with Crippen LogP contribution >= 0.6 is 0 Å². The number of halogens is 1. The zero-order valence-corrected chi connectivity index (χ0v) is 23.5.